The second-order valence-corrected chi connectivity index (χ2v) is 13.1. The summed E-state index contributed by atoms with van der Waals surface area (Å²) in [4.78, 5) is 29.1. The van der Waals surface area contributed by atoms with Gasteiger partial charge >= 0.3 is 0 Å². The molecule has 0 saturated carbocycles. The van der Waals surface area contributed by atoms with Gasteiger partial charge in [-0.25, -0.2) is 4.98 Å². The number of benzene rings is 4. The molecule has 2 heterocycles. The molecule has 12 heteroatoms. The number of hydrogen-bond acceptors (Lipinski definition) is 7. The summed E-state index contributed by atoms with van der Waals surface area (Å²) >= 11 is 12.5. The number of hydrogen-bond donors (Lipinski definition) is 4. The third kappa shape index (κ3) is 9.35. The number of anilines is 2. The van der Waals surface area contributed by atoms with Gasteiger partial charge in [0.15, 0.2) is 11.4 Å². The molecule has 3 atom stereocenters. The van der Waals surface area contributed by atoms with Crippen LogP contribution in [-0.2, 0) is 38.8 Å². The number of nitrogen functional groups attached to an aromatic ring is 1. The summed E-state index contributed by atoms with van der Waals surface area (Å²) in [6.07, 6.45) is 1.86. The third-order valence-corrected chi connectivity index (χ3v) is 9.55. The minimum Gasteiger partial charge on any atom is -0.397 e. The zero-order valence-corrected chi connectivity index (χ0v) is 29.3. The molecule has 51 heavy (non-hydrogen) atoms. The highest BCUT2D eigenvalue weighted by Gasteiger charge is 2.33. The molecule has 1 aromatic heterocycles. The Morgan fingerprint density at radius 1 is 0.882 bits per heavy atom. The molecule has 4 aromatic carbocycles. The molecule has 5 aromatic rings. The average Bonchev–Trinajstić information content (AvgIpc) is 3.47. The Labute approximate surface area is 306 Å². The lowest BCUT2D eigenvalue weighted by atomic mass is 9.97. The standard InChI is InChI=1S/C39H39Cl2N5O5/c40-37-38(41)46(24-44-37)22-30-20-34(27-14-12-25(23-47)13-15-27)51-39(50-30)28-18-16-26(17-19-28)31-7-2-1-6-29(31)21-43-35(48)10-5-11-36(49)45-33-9-4-3-8-32(33)42/h1-4,6-9,12-19,24,30,34,39,47H,5,10-11,20-23,42H2,(H,43,48)(H,45,49)/t30-,34+,39+/m1/s1. The van der Waals surface area contributed by atoms with E-state index in [9.17, 15) is 14.7 Å². The van der Waals surface area contributed by atoms with Crippen LogP contribution < -0.4 is 16.4 Å². The number of aliphatic hydroxyl groups is 1. The molecule has 0 unspecified atom stereocenters. The van der Waals surface area contributed by atoms with E-state index in [1.807, 2.05) is 72.8 Å². The quantitative estimate of drug-likeness (QED) is 0.0916. The number of imidazole rings is 1. The summed E-state index contributed by atoms with van der Waals surface area (Å²) in [6, 6.07) is 30.7. The molecule has 264 valence electrons. The van der Waals surface area contributed by atoms with Crippen molar-refractivity contribution in [1.82, 2.24) is 14.9 Å². The molecule has 6 rings (SSSR count). The van der Waals surface area contributed by atoms with Gasteiger partial charge in [-0.2, -0.15) is 0 Å². The summed E-state index contributed by atoms with van der Waals surface area (Å²) in [7, 11) is 0. The number of aliphatic hydroxyl groups excluding tert-OH is 1. The van der Waals surface area contributed by atoms with Crippen molar-refractivity contribution in [2.45, 2.75) is 63.9 Å². The zero-order valence-electron chi connectivity index (χ0n) is 27.8. The van der Waals surface area contributed by atoms with Crippen LogP contribution in [0.15, 0.2) is 103 Å². The predicted molar refractivity (Wildman–Crippen MR) is 198 cm³/mol. The molecule has 1 saturated heterocycles. The van der Waals surface area contributed by atoms with E-state index in [4.69, 9.17) is 38.4 Å². The summed E-state index contributed by atoms with van der Waals surface area (Å²) < 4.78 is 14.7. The molecule has 0 spiro atoms. The normalized spacial score (nSPS) is 17.2. The number of carbonyl (C=O) groups excluding carboxylic acids is 2. The van der Waals surface area contributed by atoms with Crippen LogP contribution in [0, 0.1) is 0 Å². The number of halogens is 2. The molecule has 2 amide bonds. The zero-order chi connectivity index (χ0) is 35.7. The number of nitrogens with zero attached hydrogens (tertiary/aromatic N) is 2. The van der Waals surface area contributed by atoms with E-state index in [2.05, 4.69) is 15.6 Å². The van der Waals surface area contributed by atoms with Gasteiger partial charge in [0.05, 0.1) is 43.1 Å². The van der Waals surface area contributed by atoms with Crippen LogP contribution in [0.25, 0.3) is 11.1 Å². The van der Waals surface area contributed by atoms with Crippen molar-refractivity contribution in [3.8, 4) is 11.1 Å². The Hall–Kier alpha value is -4.71. The van der Waals surface area contributed by atoms with E-state index < -0.39 is 6.29 Å². The fourth-order valence-corrected chi connectivity index (χ4v) is 6.33. The van der Waals surface area contributed by atoms with Crippen molar-refractivity contribution in [2.24, 2.45) is 0 Å². The van der Waals surface area contributed by atoms with Crippen LogP contribution in [0.2, 0.25) is 10.3 Å². The molecular weight excluding hydrogens is 689 g/mol. The van der Waals surface area contributed by atoms with Gasteiger partial charge in [0, 0.05) is 31.4 Å². The highest BCUT2D eigenvalue weighted by molar-refractivity contribution is 6.40. The SMILES string of the molecule is Nc1ccccc1NC(=O)CCCC(=O)NCc1ccccc1-c1ccc([C@H]2O[C@@H](Cn3cnc(Cl)c3Cl)C[C@@H](c3ccc(CO)cc3)O2)cc1. The molecule has 1 fully saturated rings. The lowest BCUT2D eigenvalue weighted by molar-refractivity contribution is -0.252. The number of nitrogens with two attached hydrogens (primary N) is 1. The van der Waals surface area contributed by atoms with Gasteiger partial charge in [0.2, 0.25) is 11.8 Å². The monoisotopic (exact) mass is 727 g/mol. The molecule has 0 radical (unpaired) electrons. The highest BCUT2D eigenvalue weighted by atomic mass is 35.5. The Kier molecular flexibility index (Phi) is 12.0. The van der Waals surface area contributed by atoms with Crippen molar-refractivity contribution in [3.05, 3.63) is 136 Å². The maximum Gasteiger partial charge on any atom is 0.224 e. The molecule has 1 aliphatic heterocycles. The number of carbonyl (C=O) groups is 2. The lowest BCUT2D eigenvalue weighted by Gasteiger charge is -2.36. The smallest absolute Gasteiger partial charge is 0.224 e. The number of amides is 2. The minimum absolute atomic E-state index is 0.0336. The largest absolute Gasteiger partial charge is 0.397 e. The van der Waals surface area contributed by atoms with Gasteiger partial charge in [0.1, 0.15) is 5.15 Å². The molecule has 10 nitrogen and oxygen atoms in total. The van der Waals surface area contributed by atoms with Gasteiger partial charge < -0.3 is 35.5 Å². The molecule has 5 N–H and O–H groups in total. The van der Waals surface area contributed by atoms with E-state index in [0.717, 1.165) is 33.4 Å². The van der Waals surface area contributed by atoms with Crippen molar-refractivity contribution >= 4 is 46.4 Å². The lowest BCUT2D eigenvalue weighted by Crippen LogP contribution is -2.32. The van der Waals surface area contributed by atoms with E-state index >= 15 is 0 Å². The minimum atomic E-state index is -0.653. The van der Waals surface area contributed by atoms with E-state index in [0.29, 0.717) is 42.5 Å². The molecular formula is C39H39Cl2N5O5. The first kappa shape index (κ1) is 36.1. The van der Waals surface area contributed by atoms with Crippen LogP contribution in [0.5, 0.6) is 0 Å². The fourth-order valence-electron chi connectivity index (χ4n) is 6.01. The summed E-state index contributed by atoms with van der Waals surface area (Å²) in [5.41, 5.74) is 12.5. The van der Waals surface area contributed by atoms with Crippen LogP contribution in [0.4, 0.5) is 11.4 Å². The van der Waals surface area contributed by atoms with Crippen molar-refractivity contribution < 1.29 is 24.2 Å². The van der Waals surface area contributed by atoms with Crippen molar-refractivity contribution in [2.75, 3.05) is 11.1 Å². The van der Waals surface area contributed by atoms with Crippen molar-refractivity contribution in [1.29, 1.82) is 0 Å². The van der Waals surface area contributed by atoms with E-state index in [-0.39, 0.29) is 48.6 Å². The predicted octanol–water partition coefficient (Wildman–Crippen LogP) is 7.60. The first-order valence-corrected chi connectivity index (χ1v) is 17.5. The van der Waals surface area contributed by atoms with Crippen LogP contribution in [-0.4, -0.2) is 32.6 Å². The van der Waals surface area contributed by atoms with E-state index in [1.54, 1.807) is 35.2 Å². The number of ether oxygens (including phenoxy) is 2. The Bertz CT molecular complexity index is 1950. The van der Waals surface area contributed by atoms with E-state index in [1.165, 1.54) is 0 Å². The first-order chi connectivity index (χ1) is 24.8. The Balaban J connectivity index is 1.09. The maximum absolute atomic E-state index is 12.7. The summed E-state index contributed by atoms with van der Waals surface area (Å²) in [5.74, 6) is -0.318. The summed E-state index contributed by atoms with van der Waals surface area (Å²) in [5, 5.41) is 15.9. The van der Waals surface area contributed by atoms with Gasteiger partial charge in [-0.15, -0.1) is 0 Å². The number of rotatable bonds is 13. The summed E-state index contributed by atoms with van der Waals surface area (Å²) in [6.45, 7) is 0.753. The second kappa shape index (κ2) is 17.0. The topological polar surface area (TPSA) is 141 Å². The molecule has 1 aliphatic rings. The third-order valence-electron chi connectivity index (χ3n) is 8.78. The van der Waals surface area contributed by atoms with Crippen molar-refractivity contribution in [3.63, 3.8) is 0 Å². The molecule has 0 aliphatic carbocycles. The van der Waals surface area contributed by atoms with Crippen LogP contribution in [0.1, 0.15) is 60.3 Å². The maximum atomic E-state index is 12.7. The van der Waals surface area contributed by atoms with Crippen LogP contribution >= 0.6 is 23.2 Å². The average molecular weight is 729 g/mol. The number of aromatic nitrogens is 2. The number of nitrogens with one attached hydrogen (secondary N) is 2. The van der Waals surface area contributed by atoms with Gasteiger partial charge in [-0.05, 0) is 46.4 Å². The fraction of sp³-hybridized carbons (Fsp3) is 0.256. The van der Waals surface area contributed by atoms with Gasteiger partial charge in [-0.3, -0.25) is 9.59 Å². The Morgan fingerprint density at radius 2 is 1.59 bits per heavy atom. The molecule has 0 bridgehead atoms. The second-order valence-electron chi connectivity index (χ2n) is 12.4. The first-order valence-electron chi connectivity index (χ1n) is 16.7. The van der Waals surface area contributed by atoms with Crippen LogP contribution in [0.3, 0.4) is 0 Å². The van der Waals surface area contributed by atoms with Gasteiger partial charge in [0.25, 0.3) is 0 Å². The Morgan fingerprint density at radius 3 is 2.31 bits per heavy atom. The highest BCUT2D eigenvalue weighted by Crippen LogP contribution is 2.39. The van der Waals surface area contributed by atoms with Gasteiger partial charge in [-0.1, -0.05) is 108 Å². The number of para-hydroxylation sites is 2.